The molecule has 1 aliphatic rings. The summed E-state index contributed by atoms with van der Waals surface area (Å²) < 4.78 is 26.6. The number of hydrogen-bond acceptors (Lipinski definition) is 6. The molecule has 2 aromatic heterocycles. The average Bonchev–Trinajstić information content (AvgIpc) is 3.33. The molecule has 1 atom stereocenters. The molecule has 29 heavy (non-hydrogen) atoms. The zero-order chi connectivity index (χ0) is 20.4. The fourth-order valence-corrected chi connectivity index (χ4v) is 3.57. The Kier molecular flexibility index (Phi) is 5.23. The number of imidazole rings is 1. The maximum absolute atomic E-state index is 13.9. The lowest BCUT2D eigenvalue weighted by Crippen LogP contribution is -2.14. The predicted octanol–water partition coefficient (Wildman–Crippen LogP) is 3.59. The van der Waals surface area contributed by atoms with Crippen LogP contribution in [0.15, 0.2) is 36.3 Å². The topological polar surface area (TPSA) is 88.1 Å². The van der Waals surface area contributed by atoms with E-state index >= 15 is 0 Å². The monoisotopic (exact) mass is 413 g/mol. The zero-order valence-corrected chi connectivity index (χ0v) is 16.1. The highest BCUT2D eigenvalue weighted by molar-refractivity contribution is 6.31. The van der Waals surface area contributed by atoms with Gasteiger partial charge in [-0.1, -0.05) is 29.8 Å². The van der Waals surface area contributed by atoms with Crippen LogP contribution >= 0.6 is 11.6 Å². The van der Waals surface area contributed by atoms with E-state index in [-0.39, 0.29) is 12.6 Å². The molecule has 1 aromatic carbocycles. The van der Waals surface area contributed by atoms with E-state index in [2.05, 4.69) is 20.9 Å². The second-order valence-corrected chi connectivity index (χ2v) is 6.79. The van der Waals surface area contributed by atoms with Crippen molar-refractivity contribution < 1.29 is 13.9 Å². The first-order valence-corrected chi connectivity index (χ1v) is 9.29. The number of nitrogen functional groups attached to an aromatic ring is 1. The number of aryl methyl sites for hydroxylation is 1. The minimum atomic E-state index is -0.923. The summed E-state index contributed by atoms with van der Waals surface area (Å²) in [7, 11) is 0. The van der Waals surface area contributed by atoms with Gasteiger partial charge in [0.25, 0.3) is 0 Å². The van der Waals surface area contributed by atoms with Gasteiger partial charge in [-0.3, -0.25) is 0 Å². The highest BCUT2D eigenvalue weighted by Crippen LogP contribution is 2.39. The lowest BCUT2D eigenvalue weighted by atomic mass is 9.96. The number of benzene rings is 1. The first-order valence-electron chi connectivity index (χ1n) is 8.91. The summed E-state index contributed by atoms with van der Waals surface area (Å²) in [6, 6.07) is 7.34. The number of nitrogens with zero attached hydrogens (tertiary/aromatic N) is 4. The Balaban J connectivity index is 1.95. The molecule has 9 heteroatoms. The maximum atomic E-state index is 13.9. The van der Waals surface area contributed by atoms with Gasteiger partial charge in [-0.15, -0.1) is 12.3 Å². The van der Waals surface area contributed by atoms with Crippen LogP contribution in [-0.4, -0.2) is 26.3 Å². The van der Waals surface area contributed by atoms with Gasteiger partial charge in [-0.05, 0) is 18.1 Å². The molecular weight excluding hydrogens is 397 g/mol. The Morgan fingerprint density at radius 3 is 2.86 bits per heavy atom. The molecular formula is C20H17ClFN5O2. The molecule has 0 spiro atoms. The third-order valence-corrected chi connectivity index (χ3v) is 4.92. The van der Waals surface area contributed by atoms with Gasteiger partial charge in [0.1, 0.15) is 23.8 Å². The van der Waals surface area contributed by atoms with Gasteiger partial charge < -0.3 is 19.8 Å². The SMILES string of the molecule is C#CCCCn1c(C(C2=COCO2)c2ccccc2Cl)nc2c(N)nc(F)nc21. The number of rotatable bonds is 6. The molecule has 0 fully saturated rings. The van der Waals surface area contributed by atoms with Crippen molar-refractivity contribution in [2.24, 2.45) is 0 Å². The van der Waals surface area contributed by atoms with Crippen molar-refractivity contribution in [3.63, 3.8) is 0 Å². The second kappa shape index (κ2) is 7.97. The Labute approximate surface area is 171 Å². The fraction of sp³-hybridized carbons (Fsp3) is 0.250. The number of terminal acetylenes is 1. The Morgan fingerprint density at radius 2 is 2.14 bits per heavy atom. The van der Waals surface area contributed by atoms with Crippen LogP contribution in [0.2, 0.25) is 5.02 Å². The van der Waals surface area contributed by atoms with Crippen molar-refractivity contribution in [1.82, 2.24) is 19.5 Å². The minimum Gasteiger partial charge on any atom is -0.462 e. The summed E-state index contributed by atoms with van der Waals surface area (Å²) in [6.07, 6.45) is 7.18. The molecule has 0 radical (unpaired) electrons. The van der Waals surface area contributed by atoms with E-state index in [1.165, 1.54) is 6.26 Å². The van der Waals surface area contributed by atoms with E-state index in [0.717, 1.165) is 5.56 Å². The lowest BCUT2D eigenvalue weighted by Gasteiger charge is -2.19. The molecule has 0 saturated heterocycles. The normalized spacial score (nSPS) is 14.2. The van der Waals surface area contributed by atoms with Crippen LogP contribution < -0.4 is 5.73 Å². The molecule has 0 bridgehead atoms. The molecule has 3 aromatic rings. The quantitative estimate of drug-likeness (QED) is 0.377. The molecule has 3 heterocycles. The molecule has 0 aliphatic carbocycles. The van der Waals surface area contributed by atoms with Gasteiger partial charge in [0.2, 0.25) is 6.79 Å². The average molecular weight is 414 g/mol. The maximum Gasteiger partial charge on any atom is 0.312 e. The Hall–Kier alpha value is -3.31. The summed E-state index contributed by atoms with van der Waals surface area (Å²) in [5.74, 6) is 3.12. The van der Waals surface area contributed by atoms with Crippen LogP contribution in [0.5, 0.6) is 0 Å². The minimum absolute atomic E-state index is 0.0417. The molecule has 1 aliphatic heterocycles. The van der Waals surface area contributed by atoms with E-state index in [4.69, 9.17) is 33.2 Å². The van der Waals surface area contributed by atoms with Crippen LogP contribution in [0, 0.1) is 18.4 Å². The van der Waals surface area contributed by atoms with Crippen LogP contribution in [0.1, 0.15) is 30.1 Å². The summed E-state index contributed by atoms with van der Waals surface area (Å²) in [6.45, 7) is 0.547. The third kappa shape index (κ3) is 3.57. The zero-order valence-electron chi connectivity index (χ0n) is 15.3. The van der Waals surface area contributed by atoms with E-state index < -0.39 is 12.0 Å². The van der Waals surface area contributed by atoms with Crippen molar-refractivity contribution in [2.45, 2.75) is 25.3 Å². The summed E-state index contributed by atoms with van der Waals surface area (Å²) in [5.41, 5.74) is 7.27. The van der Waals surface area contributed by atoms with Gasteiger partial charge in [0.15, 0.2) is 17.0 Å². The first kappa shape index (κ1) is 19.0. The van der Waals surface area contributed by atoms with Gasteiger partial charge in [-0.25, -0.2) is 4.98 Å². The predicted molar refractivity (Wildman–Crippen MR) is 106 cm³/mol. The van der Waals surface area contributed by atoms with Gasteiger partial charge in [0, 0.05) is 18.0 Å². The van der Waals surface area contributed by atoms with E-state index in [0.29, 0.717) is 47.2 Å². The molecule has 148 valence electrons. The van der Waals surface area contributed by atoms with Crippen molar-refractivity contribution >= 4 is 28.6 Å². The van der Waals surface area contributed by atoms with Gasteiger partial charge >= 0.3 is 6.08 Å². The summed E-state index contributed by atoms with van der Waals surface area (Å²) in [5, 5.41) is 0.529. The number of ether oxygens (including phenoxy) is 2. The molecule has 4 rings (SSSR count). The van der Waals surface area contributed by atoms with E-state index in [1.807, 2.05) is 18.2 Å². The van der Waals surface area contributed by atoms with Crippen molar-refractivity contribution in [1.29, 1.82) is 0 Å². The smallest absolute Gasteiger partial charge is 0.312 e. The number of halogens is 2. The number of nitrogens with two attached hydrogens (primary N) is 1. The number of anilines is 1. The molecule has 0 saturated carbocycles. The standard InChI is InChI=1S/C20H17ClFN5O2/c1-2-3-6-9-27-18(24-16-17(23)25-20(22)26-19(16)27)15(14-10-28-11-29-14)12-7-4-5-8-13(12)21/h1,4-5,7-8,10,15H,3,6,9,11H2,(H2,23,25,26). The highest BCUT2D eigenvalue weighted by atomic mass is 35.5. The van der Waals surface area contributed by atoms with Crippen LogP contribution in [0.3, 0.4) is 0 Å². The summed E-state index contributed by atoms with van der Waals surface area (Å²) in [4.78, 5) is 12.2. The fourth-order valence-electron chi connectivity index (χ4n) is 3.32. The molecule has 1 unspecified atom stereocenters. The molecule has 7 nitrogen and oxygen atoms in total. The van der Waals surface area contributed by atoms with E-state index in [1.54, 1.807) is 10.6 Å². The van der Waals surface area contributed by atoms with Crippen LogP contribution in [-0.2, 0) is 16.0 Å². The molecule has 0 amide bonds. The van der Waals surface area contributed by atoms with Crippen LogP contribution in [0.25, 0.3) is 11.2 Å². The number of unbranched alkanes of at least 4 members (excludes halogenated alkanes) is 1. The number of allylic oxidation sites excluding steroid dienone is 1. The van der Waals surface area contributed by atoms with Crippen molar-refractivity contribution in [3.05, 3.63) is 58.8 Å². The number of fused-ring (bicyclic) bond motifs is 1. The number of hydrogen-bond donors (Lipinski definition) is 1. The first-order chi connectivity index (χ1) is 14.1. The summed E-state index contributed by atoms with van der Waals surface area (Å²) >= 11 is 6.48. The Bertz CT molecular complexity index is 1140. The third-order valence-electron chi connectivity index (χ3n) is 4.58. The highest BCUT2D eigenvalue weighted by Gasteiger charge is 2.32. The lowest BCUT2D eigenvalue weighted by molar-refractivity contribution is 0.0764. The second-order valence-electron chi connectivity index (χ2n) is 6.38. The van der Waals surface area contributed by atoms with Crippen molar-refractivity contribution in [2.75, 3.05) is 12.5 Å². The van der Waals surface area contributed by atoms with Crippen LogP contribution in [0.4, 0.5) is 10.2 Å². The largest absolute Gasteiger partial charge is 0.462 e. The van der Waals surface area contributed by atoms with Gasteiger partial charge in [-0.2, -0.15) is 14.4 Å². The van der Waals surface area contributed by atoms with Gasteiger partial charge in [0.05, 0.1) is 0 Å². The number of aromatic nitrogens is 4. The Morgan fingerprint density at radius 1 is 1.31 bits per heavy atom. The van der Waals surface area contributed by atoms with Crippen molar-refractivity contribution in [3.8, 4) is 12.3 Å². The van der Waals surface area contributed by atoms with E-state index in [9.17, 15) is 4.39 Å². The molecule has 2 N–H and O–H groups in total.